The van der Waals surface area contributed by atoms with Gasteiger partial charge in [-0.05, 0) is 74.7 Å². The molecule has 3 aromatic rings. The summed E-state index contributed by atoms with van der Waals surface area (Å²) in [5, 5.41) is 12.0. The predicted octanol–water partition coefficient (Wildman–Crippen LogP) is 5.98. The lowest BCUT2D eigenvalue weighted by Gasteiger charge is -2.04. The van der Waals surface area contributed by atoms with Gasteiger partial charge in [0.15, 0.2) is 11.7 Å². The average Bonchev–Trinajstić information content (AvgIpc) is 3.23. The van der Waals surface area contributed by atoms with Gasteiger partial charge in [0.1, 0.15) is 17.2 Å². The van der Waals surface area contributed by atoms with Gasteiger partial charge >= 0.3 is 0 Å². The normalized spacial score (nSPS) is 11.5. The maximum atomic E-state index is 8.73. The van der Waals surface area contributed by atoms with Gasteiger partial charge in [0.25, 0.3) is 0 Å². The topological polar surface area (TPSA) is 77.1 Å². The number of oxime groups is 1. The van der Waals surface area contributed by atoms with E-state index in [0.717, 1.165) is 77.8 Å². The highest BCUT2D eigenvalue weighted by Gasteiger charge is 2.17. The second-order valence-electron chi connectivity index (χ2n) is 7.14. The zero-order valence-electron chi connectivity index (χ0n) is 17.7. The van der Waals surface area contributed by atoms with Crippen molar-refractivity contribution in [1.29, 1.82) is 0 Å². The van der Waals surface area contributed by atoms with Crippen molar-refractivity contribution in [2.24, 2.45) is 5.16 Å². The Balaban J connectivity index is 1.81. The minimum Gasteiger partial charge on any atom is -0.497 e. The van der Waals surface area contributed by atoms with Crippen LogP contribution in [0.15, 0.2) is 58.1 Å². The molecule has 0 spiro atoms. The first-order valence-electron chi connectivity index (χ1n) is 10.1. The van der Waals surface area contributed by atoms with Crippen LogP contribution in [0.5, 0.6) is 11.5 Å². The van der Waals surface area contributed by atoms with E-state index in [0.29, 0.717) is 0 Å². The van der Waals surface area contributed by atoms with Gasteiger partial charge in [0.2, 0.25) is 0 Å². The number of oxazole rings is 1. The van der Waals surface area contributed by atoms with Crippen LogP contribution in [0.3, 0.4) is 0 Å². The third-order valence-electron chi connectivity index (χ3n) is 4.99. The number of unbranched alkanes of at least 4 members (excludes halogenated alkanes) is 2. The van der Waals surface area contributed by atoms with Gasteiger partial charge in [-0.15, -0.1) is 0 Å². The molecule has 158 valence electrons. The van der Waals surface area contributed by atoms with Gasteiger partial charge in [-0.3, -0.25) is 0 Å². The molecule has 0 atom stereocenters. The Bertz CT molecular complexity index is 895. The number of ether oxygens (including phenoxy) is 2. The van der Waals surface area contributed by atoms with Crippen LogP contribution in [0.1, 0.15) is 38.5 Å². The van der Waals surface area contributed by atoms with E-state index >= 15 is 0 Å². The Labute approximate surface area is 177 Å². The van der Waals surface area contributed by atoms with E-state index in [9.17, 15) is 0 Å². The lowest BCUT2D eigenvalue weighted by molar-refractivity contribution is 0.317. The zero-order valence-corrected chi connectivity index (χ0v) is 17.7. The number of aryl methyl sites for hydroxylation is 1. The summed E-state index contributed by atoms with van der Waals surface area (Å²) in [7, 11) is 3.30. The molecule has 0 amide bonds. The number of methoxy groups -OCH3 is 2. The molecule has 0 aliphatic heterocycles. The Hall–Kier alpha value is -3.28. The lowest BCUT2D eigenvalue weighted by Crippen LogP contribution is -1.92. The number of nitrogens with zero attached hydrogens (tertiary/aromatic N) is 2. The van der Waals surface area contributed by atoms with Crippen LogP contribution in [-0.2, 0) is 6.42 Å². The van der Waals surface area contributed by atoms with Crippen LogP contribution in [-0.4, -0.2) is 30.1 Å². The maximum Gasteiger partial charge on any atom is 0.195 e. The molecule has 0 radical (unpaired) electrons. The second-order valence-corrected chi connectivity index (χ2v) is 7.14. The van der Waals surface area contributed by atoms with Crippen molar-refractivity contribution in [2.45, 2.75) is 39.0 Å². The Morgan fingerprint density at radius 3 is 2.07 bits per heavy atom. The monoisotopic (exact) mass is 408 g/mol. The summed E-state index contributed by atoms with van der Waals surface area (Å²) in [6, 6.07) is 15.6. The van der Waals surface area contributed by atoms with E-state index < -0.39 is 0 Å². The van der Waals surface area contributed by atoms with Crippen LogP contribution in [0.4, 0.5) is 0 Å². The molecule has 3 rings (SSSR count). The number of benzene rings is 2. The molecule has 6 nitrogen and oxygen atoms in total. The van der Waals surface area contributed by atoms with Gasteiger partial charge in [-0.2, -0.15) is 0 Å². The highest BCUT2D eigenvalue weighted by atomic mass is 16.5. The summed E-state index contributed by atoms with van der Waals surface area (Å²) in [5.74, 6) is 3.07. The highest BCUT2D eigenvalue weighted by molar-refractivity contribution is 5.81. The number of hydrogen-bond donors (Lipinski definition) is 1. The van der Waals surface area contributed by atoms with E-state index in [4.69, 9.17) is 24.1 Å². The largest absolute Gasteiger partial charge is 0.497 e. The van der Waals surface area contributed by atoms with Crippen molar-refractivity contribution in [1.82, 2.24) is 4.98 Å². The van der Waals surface area contributed by atoms with Crippen molar-refractivity contribution in [3.8, 4) is 34.1 Å². The van der Waals surface area contributed by atoms with Crippen molar-refractivity contribution >= 4 is 5.71 Å². The maximum absolute atomic E-state index is 8.73. The van der Waals surface area contributed by atoms with Crippen molar-refractivity contribution < 1.29 is 19.1 Å². The van der Waals surface area contributed by atoms with Gasteiger partial charge < -0.3 is 19.1 Å². The smallest absolute Gasteiger partial charge is 0.195 e. The SMILES string of the molecule is COc1ccc(-c2nc(CCCCCC(C)=NO)oc2-c2ccc(OC)cc2)cc1. The van der Waals surface area contributed by atoms with Gasteiger partial charge in [0, 0.05) is 17.5 Å². The van der Waals surface area contributed by atoms with Gasteiger partial charge in [0.05, 0.1) is 19.9 Å². The molecule has 1 aromatic heterocycles. The molecule has 0 saturated carbocycles. The molecule has 0 aliphatic rings. The molecule has 2 aromatic carbocycles. The summed E-state index contributed by atoms with van der Waals surface area (Å²) >= 11 is 0. The second kappa shape index (κ2) is 10.5. The number of aromatic nitrogens is 1. The fraction of sp³-hybridized carbons (Fsp3) is 0.333. The standard InChI is InChI=1S/C24H28N2O4/c1-17(26-27)7-5-4-6-8-22-25-23(18-9-13-20(28-2)14-10-18)24(30-22)19-11-15-21(29-3)16-12-19/h9-16,27H,4-8H2,1-3H3. The molecule has 0 aliphatic carbocycles. The Morgan fingerprint density at radius 2 is 1.50 bits per heavy atom. The fourth-order valence-electron chi connectivity index (χ4n) is 3.24. The van der Waals surface area contributed by atoms with Crippen LogP contribution in [0, 0.1) is 0 Å². The molecule has 0 saturated heterocycles. The highest BCUT2D eigenvalue weighted by Crippen LogP contribution is 2.34. The third-order valence-corrected chi connectivity index (χ3v) is 4.99. The fourth-order valence-corrected chi connectivity index (χ4v) is 3.24. The summed E-state index contributed by atoms with van der Waals surface area (Å²) < 4.78 is 16.7. The third kappa shape index (κ3) is 5.41. The molecular weight excluding hydrogens is 380 g/mol. The van der Waals surface area contributed by atoms with Gasteiger partial charge in [-0.1, -0.05) is 11.6 Å². The summed E-state index contributed by atoms with van der Waals surface area (Å²) in [5.41, 5.74) is 3.51. The Morgan fingerprint density at radius 1 is 0.900 bits per heavy atom. The minimum atomic E-state index is 0.721. The van der Waals surface area contributed by atoms with Crippen LogP contribution < -0.4 is 9.47 Å². The first-order chi connectivity index (χ1) is 14.6. The van der Waals surface area contributed by atoms with E-state index in [1.54, 1.807) is 14.2 Å². The van der Waals surface area contributed by atoms with E-state index in [-0.39, 0.29) is 0 Å². The molecule has 6 heteroatoms. The lowest BCUT2D eigenvalue weighted by atomic mass is 10.1. The van der Waals surface area contributed by atoms with Crippen LogP contribution >= 0.6 is 0 Å². The predicted molar refractivity (Wildman–Crippen MR) is 118 cm³/mol. The van der Waals surface area contributed by atoms with Crippen LogP contribution in [0.2, 0.25) is 0 Å². The molecule has 0 fully saturated rings. The number of rotatable bonds is 10. The first-order valence-corrected chi connectivity index (χ1v) is 10.1. The first kappa shape index (κ1) is 21.4. The van der Waals surface area contributed by atoms with Gasteiger partial charge in [-0.25, -0.2) is 4.98 Å². The van der Waals surface area contributed by atoms with Crippen molar-refractivity contribution in [2.75, 3.05) is 14.2 Å². The van der Waals surface area contributed by atoms with Crippen molar-refractivity contribution in [3.63, 3.8) is 0 Å². The van der Waals surface area contributed by atoms with E-state index in [2.05, 4.69) is 5.16 Å². The van der Waals surface area contributed by atoms with Crippen molar-refractivity contribution in [3.05, 3.63) is 54.4 Å². The molecule has 1 N–H and O–H groups in total. The molecule has 0 bridgehead atoms. The summed E-state index contributed by atoms with van der Waals surface area (Å²) in [4.78, 5) is 4.80. The van der Waals surface area contributed by atoms with E-state index in [1.807, 2.05) is 55.5 Å². The molecule has 0 unspecified atom stereocenters. The average molecular weight is 408 g/mol. The minimum absolute atomic E-state index is 0.721. The molecule has 1 heterocycles. The quantitative estimate of drug-likeness (QED) is 0.193. The molecular formula is C24H28N2O4. The summed E-state index contributed by atoms with van der Waals surface area (Å²) in [6.45, 7) is 1.83. The Kier molecular flexibility index (Phi) is 7.49. The zero-order chi connectivity index (χ0) is 21.3. The van der Waals surface area contributed by atoms with Crippen LogP contribution in [0.25, 0.3) is 22.6 Å². The molecule has 30 heavy (non-hydrogen) atoms. The number of hydrogen-bond acceptors (Lipinski definition) is 6. The summed E-state index contributed by atoms with van der Waals surface area (Å²) in [6.07, 6.45) is 4.52. The van der Waals surface area contributed by atoms with E-state index in [1.165, 1.54) is 0 Å².